The Kier molecular flexibility index (Phi) is 4.77. The second kappa shape index (κ2) is 6.55. The molecule has 108 valence electrons. The van der Waals surface area contributed by atoms with Crippen molar-refractivity contribution in [2.45, 2.75) is 32.2 Å². The number of rotatable bonds is 4. The summed E-state index contributed by atoms with van der Waals surface area (Å²) in [6.07, 6.45) is 1.99. The number of amides is 2. The lowest BCUT2D eigenvalue weighted by Crippen LogP contribution is -2.46. The molecule has 1 saturated heterocycles. The van der Waals surface area contributed by atoms with Crippen LogP contribution in [0.4, 0.5) is 0 Å². The number of carbonyl (C=O) groups is 2. The zero-order chi connectivity index (χ0) is 14.5. The maximum Gasteiger partial charge on any atom is 0.225 e. The van der Waals surface area contributed by atoms with Crippen LogP contribution in [0.5, 0.6) is 0 Å². The fourth-order valence-electron chi connectivity index (χ4n) is 2.80. The molecule has 1 heterocycles. The topological polar surface area (TPSA) is 49.4 Å². The van der Waals surface area contributed by atoms with E-state index in [0.717, 1.165) is 12.0 Å². The molecule has 0 aliphatic carbocycles. The van der Waals surface area contributed by atoms with E-state index in [1.54, 1.807) is 11.9 Å². The minimum atomic E-state index is -0.161. The molecule has 1 aromatic carbocycles. The first kappa shape index (κ1) is 14.6. The van der Waals surface area contributed by atoms with Crippen molar-refractivity contribution in [2.75, 3.05) is 13.6 Å². The Bertz CT molecular complexity index is 473. The Balaban J connectivity index is 2.24. The van der Waals surface area contributed by atoms with E-state index >= 15 is 0 Å². The molecule has 2 atom stereocenters. The molecular weight excluding hydrogens is 252 g/mol. The molecular formula is C16H22N2O2. The van der Waals surface area contributed by atoms with Gasteiger partial charge in [0, 0.05) is 20.0 Å². The average Bonchev–Trinajstić information content (AvgIpc) is 2.48. The summed E-state index contributed by atoms with van der Waals surface area (Å²) in [6, 6.07) is 9.65. The average molecular weight is 274 g/mol. The van der Waals surface area contributed by atoms with Gasteiger partial charge in [0.1, 0.15) is 0 Å². The Morgan fingerprint density at radius 1 is 1.35 bits per heavy atom. The summed E-state index contributed by atoms with van der Waals surface area (Å²) < 4.78 is 0. The highest BCUT2D eigenvalue weighted by Crippen LogP contribution is 2.35. The predicted octanol–water partition coefficient (Wildman–Crippen LogP) is 2.12. The first-order valence-electron chi connectivity index (χ1n) is 7.23. The molecule has 1 aliphatic rings. The van der Waals surface area contributed by atoms with Gasteiger partial charge in [0.05, 0.1) is 12.0 Å². The Labute approximate surface area is 120 Å². The van der Waals surface area contributed by atoms with Gasteiger partial charge in [-0.05, 0) is 18.4 Å². The Hall–Kier alpha value is -1.84. The second-order valence-electron chi connectivity index (χ2n) is 5.30. The highest BCUT2D eigenvalue weighted by Gasteiger charge is 2.38. The first-order valence-corrected chi connectivity index (χ1v) is 7.23. The molecule has 0 bridgehead atoms. The second-order valence-corrected chi connectivity index (χ2v) is 5.30. The quantitative estimate of drug-likeness (QED) is 0.914. The van der Waals surface area contributed by atoms with Crippen molar-refractivity contribution in [3.05, 3.63) is 35.9 Å². The van der Waals surface area contributed by atoms with E-state index < -0.39 is 0 Å². The molecule has 4 nitrogen and oxygen atoms in total. The smallest absolute Gasteiger partial charge is 0.225 e. The van der Waals surface area contributed by atoms with Crippen molar-refractivity contribution >= 4 is 11.8 Å². The lowest BCUT2D eigenvalue weighted by Gasteiger charge is -2.38. The molecule has 0 radical (unpaired) electrons. The van der Waals surface area contributed by atoms with Gasteiger partial charge in [-0.1, -0.05) is 37.3 Å². The van der Waals surface area contributed by atoms with Crippen LogP contribution >= 0.6 is 0 Å². The van der Waals surface area contributed by atoms with E-state index in [9.17, 15) is 9.59 Å². The maximum atomic E-state index is 12.3. The summed E-state index contributed by atoms with van der Waals surface area (Å²) in [5, 5.41) is 2.96. The number of hydrogen-bond donors (Lipinski definition) is 1. The Morgan fingerprint density at radius 2 is 2.05 bits per heavy atom. The highest BCUT2D eigenvalue weighted by molar-refractivity contribution is 5.84. The summed E-state index contributed by atoms with van der Waals surface area (Å²) >= 11 is 0. The number of carbonyl (C=O) groups excluding carboxylic acids is 2. The van der Waals surface area contributed by atoms with Crippen LogP contribution in [0.1, 0.15) is 37.8 Å². The number of nitrogens with one attached hydrogen (secondary N) is 1. The normalized spacial score (nSPS) is 22.7. The van der Waals surface area contributed by atoms with Crippen LogP contribution in [0.15, 0.2) is 30.3 Å². The minimum Gasteiger partial charge on any atom is -0.356 e. The summed E-state index contributed by atoms with van der Waals surface area (Å²) in [5.41, 5.74) is 1.03. The van der Waals surface area contributed by atoms with Crippen molar-refractivity contribution in [3.63, 3.8) is 0 Å². The van der Waals surface area contributed by atoms with Gasteiger partial charge in [0.2, 0.25) is 11.8 Å². The van der Waals surface area contributed by atoms with Crippen LogP contribution in [0, 0.1) is 5.92 Å². The molecule has 1 fully saturated rings. The zero-order valence-corrected chi connectivity index (χ0v) is 12.1. The molecule has 0 spiro atoms. The molecule has 1 N–H and O–H groups in total. The molecule has 4 heteroatoms. The first-order chi connectivity index (χ1) is 9.65. The summed E-state index contributed by atoms with van der Waals surface area (Å²) in [7, 11) is 1.79. The number of hydrogen-bond acceptors (Lipinski definition) is 2. The molecule has 0 unspecified atom stereocenters. The van der Waals surface area contributed by atoms with Gasteiger partial charge in [-0.3, -0.25) is 9.59 Å². The maximum absolute atomic E-state index is 12.3. The number of nitrogens with zero attached hydrogens (tertiary/aromatic N) is 1. The molecule has 1 aromatic rings. The van der Waals surface area contributed by atoms with Crippen LogP contribution in [-0.2, 0) is 9.59 Å². The van der Waals surface area contributed by atoms with Crippen molar-refractivity contribution in [3.8, 4) is 0 Å². The molecule has 2 amide bonds. The molecule has 0 saturated carbocycles. The van der Waals surface area contributed by atoms with Crippen molar-refractivity contribution in [1.29, 1.82) is 0 Å². The van der Waals surface area contributed by atoms with Crippen molar-refractivity contribution in [2.24, 2.45) is 5.92 Å². The van der Waals surface area contributed by atoms with E-state index in [1.165, 1.54) is 0 Å². The molecule has 1 aliphatic heterocycles. The third-order valence-corrected chi connectivity index (χ3v) is 3.89. The van der Waals surface area contributed by atoms with Gasteiger partial charge in [-0.25, -0.2) is 0 Å². The lowest BCUT2D eigenvalue weighted by molar-refractivity contribution is -0.141. The molecule has 0 aromatic heterocycles. The van der Waals surface area contributed by atoms with E-state index in [0.29, 0.717) is 19.4 Å². The van der Waals surface area contributed by atoms with E-state index in [1.807, 2.05) is 37.3 Å². The van der Waals surface area contributed by atoms with Crippen LogP contribution in [0.3, 0.4) is 0 Å². The standard InChI is InChI=1S/C16H22N2O2/c1-3-11-17-16(20)13-9-10-14(19)18(2)15(13)12-7-5-4-6-8-12/h4-8,13,15H,3,9-11H2,1-2H3,(H,17,20)/t13-,15+/m1/s1. The lowest BCUT2D eigenvalue weighted by atomic mass is 9.84. The minimum absolute atomic E-state index is 0.0556. The van der Waals surface area contributed by atoms with Crippen molar-refractivity contribution in [1.82, 2.24) is 10.2 Å². The summed E-state index contributed by atoms with van der Waals surface area (Å²) in [5.74, 6) is 0.00472. The molecule has 20 heavy (non-hydrogen) atoms. The van der Waals surface area contributed by atoms with Gasteiger partial charge in [-0.15, -0.1) is 0 Å². The number of piperidine rings is 1. The van der Waals surface area contributed by atoms with Gasteiger partial charge < -0.3 is 10.2 Å². The van der Waals surface area contributed by atoms with Crippen LogP contribution in [-0.4, -0.2) is 30.3 Å². The highest BCUT2D eigenvalue weighted by atomic mass is 16.2. The summed E-state index contributed by atoms with van der Waals surface area (Å²) in [4.78, 5) is 26.0. The van der Waals surface area contributed by atoms with Gasteiger partial charge in [-0.2, -0.15) is 0 Å². The van der Waals surface area contributed by atoms with Crippen LogP contribution in [0.25, 0.3) is 0 Å². The van der Waals surface area contributed by atoms with Gasteiger partial charge in [0.25, 0.3) is 0 Å². The zero-order valence-electron chi connectivity index (χ0n) is 12.1. The third kappa shape index (κ3) is 3.00. The monoisotopic (exact) mass is 274 g/mol. The molecule has 2 rings (SSSR count). The number of likely N-dealkylation sites (tertiary alicyclic amines) is 1. The third-order valence-electron chi connectivity index (χ3n) is 3.89. The van der Waals surface area contributed by atoms with Gasteiger partial charge >= 0.3 is 0 Å². The fourth-order valence-corrected chi connectivity index (χ4v) is 2.80. The Morgan fingerprint density at radius 3 is 2.70 bits per heavy atom. The fraction of sp³-hybridized carbons (Fsp3) is 0.500. The van der Waals surface area contributed by atoms with Crippen LogP contribution in [0.2, 0.25) is 0 Å². The van der Waals surface area contributed by atoms with E-state index in [-0.39, 0.29) is 23.8 Å². The van der Waals surface area contributed by atoms with Gasteiger partial charge in [0.15, 0.2) is 0 Å². The van der Waals surface area contributed by atoms with Crippen LogP contribution < -0.4 is 5.32 Å². The summed E-state index contributed by atoms with van der Waals surface area (Å²) in [6.45, 7) is 2.72. The predicted molar refractivity (Wildman–Crippen MR) is 78.0 cm³/mol. The van der Waals surface area contributed by atoms with E-state index in [2.05, 4.69) is 5.32 Å². The van der Waals surface area contributed by atoms with E-state index in [4.69, 9.17) is 0 Å². The largest absolute Gasteiger partial charge is 0.356 e. The van der Waals surface area contributed by atoms with Crippen molar-refractivity contribution < 1.29 is 9.59 Å². The SMILES string of the molecule is CCCNC(=O)[C@@H]1CCC(=O)N(C)[C@H]1c1ccccc1. The number of benzene rings is 1.